The molecule has 0 amide bonds. The summed E-state index contributed by atoms with van der Waals surface area (Å²) in [6, 6.07) is 0. The molecule has 0 aromatic rings. The predicted octanol–water partition coefficient (Wildman–Crippen LogP) is -3.97. The average Bonchev–Trinajstić information content (AvgIpc) is 2.03. The van der Waals surface area contributed by atoms with Gasteiger partial charge in [0.25, 0.3) is 0 Å². The van der Waals surface area contributed by atoms with Crippen LogP contribution in [0.3, 0.4) is 0 Å². The van der Waals surface area contributed by atoms with E-state index in [1.807, 2.05) is 0 Å². The molecule has 0 spiro atoms. The Hall–Kier alpha value is 1.17. The van der Waals surface area contributed by atoms with Crippen LogP contribution in [0.2, 0.25) is 0 Å². The fourth-order valence-electron chi connectivity index (χ4n) is 0.517. The molecule has 6 nitrogen and oxygen atoms in total. The number of hydrogen-bond donors (Lipinski definition) is 1. The molecular formula is C6H11KO6S. The third-order valence-corrected chi connectivity index (χ3v) is 1.48. The van der Waals surface area contributed by atoms with Gasteiger partial charge in [-0.2, -0.15) is 0 Å². The Bertz CT molecular complexity index is 239. The molecule has 0 rings (SSSR count). The van der Waals surface area contributed by atoms with Crippen molar-refractivity contribution in [3.8, 4) is 0 Å². The van der Waals surface area contributed by atoms with E-state index in [1.165, 1.54) is 6.08 Å². The van der Waals surface area contributed by atoms with E-state index in [4.69, 9.17) is 9.84 Å². The maximum absolute atomic E-state index is 9.99. The van der Waals surface area contributed by atoms with Crippen molar-refractivity contribution in [2.75, 3.05) is 19.8 Å². The second-order valence-corrected chi connectivity index (χ2v) is 3.17. The van der Waals surface area contributed by atoms with E-state index < -0.39 is 29.7 Å². The zero-order valence-electron chi connectivity index (χ0n) is 7.88. The molecule has 0 saturated heterocycles. The standard InChI is InChI=1S/C6H12O6S.K/c1-2-3-11-6(4-7)5-12-13(8,9)10;/h2,6-7H,1,3-5H2,(H,8,9,10);/q;+1/p-1. The molecule has 0 aromatic heterocycles. The van der Waals surface area contributed by atoms with Crippen molar-refractivity contribution in [1.82, 2.24) is 0 Å². The summed E-state index contributed by atoms with van der Waals surface area (Å²) >= 11 is 0. The van der Waals surface area contributed by atoms with Crippen molar-refractivity contribution in [3.63, 3.8) is 0 Å². The molecule has 0 aromatic carbocycles. The van der Waals surface area contributed by atoms with Gasteiger partial charge >= 0.3 is 51.4 Å². The first-order chi connectivity index (χ1) is 5.99. The number of aliphatic hydroxyl groups excluding tert-OH is 1. The van der Waals surface area contributed by atoms with Gasteiger partial charge in [-0.05, 0) is 0 Å². The van der Waals surface area contributed by atoms with E-state index in [9.17, 15) is 13.0 Å². The van der Waals surface area contributed by atoms with Crippen molar-refractivity contribution in [1.29, 1.82) is 0 Å². The maximum atomic E-state index is 9.99. The normalized spacial score (nSPS) is 13.0. The molecule has 78 valence electrons. The topological polar surface area (TPSA) is 95.9 Å². The van der Waals surface area contributed by atoms with E-state index in [-0.39, 0.29) is 58.0 Å². The van der Waals surface area contributed by atoms with Crippen LogP contribution in [0.1, 0.15) is 0 Å². The van der Waals surface area contributed by atoms with Crippen LogP contribution in [0.4, 0.5) is 0 Å². The van der Waals surface area contributed by atoms with E-state index in [0.29, 0.717) is 0 Å². The minimum atomic E-state index is -4.72. The summed E-state index contributed by atoms with van der Waals surface area (Å²) < 4.78 is 38.7. The summed E-state index contributed by atoms with van der Waals surface area (Å²) in [7, 11) is -4.72. The molecule has 0 aliphatic heterocycles. The molecular weight excluding hydrogens is 239 g/mol. The minimum Gasteiger partial charge on any atom is -0.726 e. The van der Waals surface area contributed by atoms with Crippen molar-refractivity contribution < 1.29 is 78.4 Å². The summed E-state index contributed by atoms with van der Waals surface area (Å²) in [5.74, 6) is 0. The van der Waals surface area contributed by atoms with Crippen molar-refractivity contribution in [2.45, 2.75) is 6.10 Å². The minimum absolute atomic E-state index is 0. The Kier molecular flexibility index (Phi) is 11.8. The molecule has 8 heteroatoms. The molecule has 0 saturated carbocycles. The van der Waals surface area contributed by atoms with Gasteiger partial charge in [-0.3, -0.25) is 4.18 Å². The molecule has 1 N–H and O–H groups in total. The van der Waals surface area contributed by atoms with E-state index in [0.717, 1.165) is 0 Å². The third kappa shape index (κ3) is 11.2. The summed E-state index contributed by atoms with van der Waals surface area (Å²) in [5, 5.41) is 8.61. The monoisotopic (exact) mass is 250 g/mol. The smallest absolute Gasteiger partial charge is 0.726 e. The molecule has 14 heavy (non-hydrogen) atoms. The van der Waals surface area contributed by atoms with Crippen LogP contribution in [-0.2, 0) is 19.3 Å². The largest absolute Gasteiger partial charge is 1.00 e. The molecule has 0 fully saturated rings. The number of hydrogen-bond acceptors (Lipinski definition) is 6. The summed E-state index contributed by atoms with van der Waals surface area (Å²) in [6.45, 7) is 2.58. The van der Waals surface area contributed by atoms with E-state index in [2.05, 4.69) is 10.8 Å². The van der Waals surface area contributed by atoms with Crippen molar-refractivity contribution >= 4 is 10.4 Å². The molecule has 0 aliphatic rings. The fraction of sp³-hybridized carbons (Fsp3) is 0.667. The van der Waals surface area contributed by atoms with Crippen molar-refractivity contribution in [2.24, 2.45) is 0 Å². The molecule has 1 unspecified atom stereocenters. The number of aliphatic hydroxyl groups is 1. The zero-order valence-corrected chi connectivity index (χ0v) is 11.8. The predicted molar refractivity (Wildman–Crippen MR) is 42.7 cm³/mol. The summed E-state index contributed by atoms with van der Waals surface area (Å²) in [4.78, 5) is 0. The quantitative estimate of drug-likeness (QED) is 0.214. The first kappa shape index (κ1) is 17.6. The summed E-state index contributed by atoms with van der Waals surface area (Å²) in [6.07, 6.45) is 0.593. The van der Waals surface area contributed by atoms with Crippen LogP contribution in [-0.4, -0.2) is 44.0 Å². The van der Waals surface area contributed by atoms with Gasteiger partial charge in [-0.15, -0.1) is 6.58 Å². The SMILES string of the molecule is C=CCOC(CO)COS(=O)(=O)[O-].[K+]. The van der Waals surface area contributed by atoms with Gasteiger partial charge in [0.1, 0.15) is 6.10 Å². The van der Waals surface area contributed by atoms with Gasteiger partial charge in [-0.25, -0.2) is 8.42 Å². The van der Waals surface area contributed by atoms with Gasteiger partial charge in [0.2, 0.25) is 10.4 Å². The Morgan fingerprint density at radius 2 is 2.14 bits per heavy atom. The molecule has 0 bridgehead atoms. The molecule has 0 radical (unpaired) electrons. The first-order valence-corrected chi connectivity index (χ1v) is 4.76. The van der Waals surface area contributed by atoms with Gasteiger partial charge < -0.3 is 14.4 Å². The second-order valence-electron chi connectivity index (χ2n) is 2.12. The number of rotatable bonds is 7. The van der Waals surface area contributed by atoms with Crippen LogP contribution >= 0.6 is 0 Å². The van der Waals surface area contributed by atoms with Gasteiger partial charge in [0.15, 0.2) is 0 Å². The van der Waals surface area contributed by atoms with Gasteiger partial charge in [-0.1, -0.05) is 6.08 Å². The number of ether oxygens (including phenoxy) is 1. The van der Waals surface area contributed by atoms with Crippen LogP contribution in [0.25, 0.3) is 0 Å². The van der Waals surface area contributed by atoms with Gasteiger partial charge in [0, 0.05) is 0 Å². The van der Waals surface area contributed by atoms with E-state index >= 15 is 0 Å². The van der Waals surface area contributed by atoms with Crippen LogP contribution in [0, 0.1) is 0 Å². The van der Waals surface area contributed by atoms with Crippen molar-refractivity contribution in [3.05, 3.63) is 12.7 Å². The molecule has 0 aliphatic carbocycles. The summed E-state index contributed by atoms with van der Waals surface area (Å²) in [5.41, 5.74) is 0. The van der Waals surface area contributed by atoms with Gasteiger partial charge in [0.05, 0.1) is 19.8 Å². The average molecular weight is 250 g/mol. The Balaban J connectivity index is 0. The first-order valence-electron chi connectivity index (χ1n) is 3.43. The van der Waals surface area contributed by atoms with Crippen LogP contribution in [0.5, 0.6) is 0 Å². The van der Waals surface area contributed by atoms with Crippen LogP contribution in [0.15, 0.2) is 12.7 Å². The fourth-order valence-corrected chi connectivity index (χ4v) is 0.835. The third-order valence-electron chi connectivity index (χ3n) is 1.05. The maximum Gasteiger partial charge on any atom is 1.00 e. The Morgan fingerprint density at radius 1 is 1.57 bits per heavy atom. The zero-order chi connectivity index (χ0) is 10.3. The molecule has 0 heterocycles. The Labute approximate surface area is 126 Å². The van der Waals surface area contributed by atoms with Crippen LogP contribution < -0.4 is 51.4 Å². The molecule has 1 atom stereocenters. The Morgan fingerprint density at radius 3 is 2.50 bits per heavy atom. The second kappa shape index (κ2) is 9.40. The van der Waals surface area contributed by atoms with E-state index in [1.54, 1.807) is 0 Å².